The van der Waals surface area contributed by atoms with E-state index in [0.29, 0.717) is 44.8 Å². The van der Waals surface area contributed by atoms with Gasteiger partial charge in [0.1, 0.15) is 0 Å². The number of hydrogen-bond donors (Lipinski definition) is 3. The Labute approximate surface area is 185 Å². The summed E-state index contributed by atoms with van der Waals surface area (Å²) in [5, 5.41) is 13.5. The molecule has 2 atom stereocenters. The largest absolute Gasteiger partial charge is 0.395 e. The van der Waals surface area contributed by atoms with Gasteiger partial charge >= 0.3 is 0 Å². The summed E-state index contributed by atoms with van der Waals surface area (Å²) < 4.78 is 10.9. The summed E-state index contributed by atoms with van der Waals surface area (Å²) in [6, 6.07) is 5.20. The Hall–Kier alpha value is -3.17. The molecule has 2 unspecified atom stereocenters. The highest BCUT2D eigenvalue weighted by Crippen LogP contribution is 2.51. The van der Waals surface area contributed by atoms with Crippen LogP contribution in [0, 0.1) is 5.41 Å². The smallest absolute Gasteiger partial charge is 0.248 e. The van der Waals surface area contributed by atoms with Crippen LogP contribution in [0.3, 0.4) is 0 Å². The molecule has 10 heteroatoms. The molecule has 2 amide bonds. The standard InChI is InChI=1S/C22H27N5O5/c23-20(29)14-1-2-15-16-3-4-22(21(24)30,12-18(16)19(13-28)17(15)11-14)5-7-31-9-10-32-8-6-26-27-25/h1-4,11,19,28H,5-10,12-13H2,(H2,23,29)(H2,24,30). The summed E-state index contributed by atoms with van der Waals surface area (Å²) >= 11 is 0. The number of ether oxygens (including phenoxy) is 2. The number of aliphatic hydroxyl groups is 1. The maximum atomic E-state index is 12.4. The number of nitrogens with two attached hydrogens (primary N) is 2. The number of nitrogens with zero attached hydrogens (tertiary/aromatic N) is 3. The molecule has 0 spiro atoms. The Balaban J connectivity index is 1.65. The molecule has 5 N–H and O–H groups in total. The van der Waals surface area contributed by atoms with Crippen LogP contribution in [0.2, 0.25) is 0 Å². The van der Waals surface area contributed by atoms with Gasteiger partial charge in [0.25, 0.3) is 0 Å². The molecule has 0 bridgehead atoms. The lowest BCUT2D eigenvalue weighted by Gasteiger charge is -2.32. The van der Waals surface area contributed by atoms with Gasteiger partial charge in [0.05, 0.1) is 31.8 Å². The van der Waals surface area contributed by atoms with Gasteiger partial charge in [-0.05, 0) is 47.2 Å². The van der Waals surface area contributed by atoms with E-state index in [-0.39, 0.29) is 19.1 Å². The van der Waals surface area contributed by atoms with Crippen molar-refractivity contribution < 1.29 is 24.2 Å². The molecule has 2 aliphatic carbocycles. The van der Waals surface area contributed by atoms with E-state index in [1.165, 1.54) is 0 Å². The van der Waals surface area contributed by atoms with E-state index in [9.17, 15) is 14.7 Å². The minimum Gasteiger partial charge on any atom is -0.395 e. The van der Waals surface area contributed by atoms with Crippen molar-refractivity contribution in [3.63, 3.8) is 0 Å². The van der Waals surface area contributed by atoms with Crippen molar-refractivity contribution in [2.45, 2.75) is 18.8 Å². The van der Waals surface area contributed by atoms with Crippen LogP contribution in [0.25, 0.3) is 16.0 Å². The van der Waals surface area contributed by atoms with E-state index >= 15 is 0 Å². The van der Waals surface area contributed by atoms with Gasteiger partial charge in [-0.15, -0.1) is 0 Å². The monoisotopic (exact) mass is 441 g/mol. The van der Waals surface area contributed by atoms with E-state index in [1.807, 2.05) is 18.2 Å². The normalized spacial score (nSPS) is 21.1. The van der Waals surface area contributed by atoms with Gasteiger partial charge in [0.15, 0.2) is 0 Å². The third kappa shape index (κ3) is 4.84. The predicted molar refractivity (Wildman–Crippen MR) is 117 cm³/mol. The SMILES string of the molecule is [N-]=[N+]=NCCOCCOCCC1(C(N)=O)C=CC2=C(C1)C(CO)c1cc(C(N)=O)ccc12. The molecular formula is C22H27N5O5. The molecule has 0 aliphatic heterocycles. The Morgan fingerprint density at radius 3 is 2.62 bits per heavy atom. The number of benzene rings is 1. The minimum atomic E-state index is -0.927. The number of carbonyl (C=O) groups excluding carboxylic acids is 2. The van der Waals surface area contributed by atoms with Crippen LogP contribution >= 0.6 is 0 Å². The number of primary amides is 2. The molecule has 0 saturated carbocycles. The number of fused-ring (bicyclic) bond motifs is 2. The molecule has 10 nitrogen and oxygen atoms in total. The topological polar surface area (TPSA) is 174 Å². The second-order valence-corrected chi connectivity index (χ2v) is 7.80. The zero-order valence-corrected chi connectivity index (χ0v) is 17.7. The van der Waals surface area contributed by atoms with Gasteiger partial charge in [-0.2, -0.15) is 0 Å². The van der Waals surface area contributed by atoms with Crippen LogP contribution in [-0.4, -0.2) is 56.5 Å². The zero-order chi connectivity index (χ0) is 23.1. The number of hydrogen-bond acceptors (Lipinski definition) is 6. The summed E-state index contributed by atoms with van der Waals surface area (Å²) in [6.45, 7) is 1.42. The van der Waals surface area contributed by atoms with Gasteiger partial charge in [-0.25, -0.2) is 0 Å². The van der Waals surface area contributed by atoms with E-state index in [1.54, 1.807) is 12.1 Å². The van der Waals surface area contributed by atoms with Crippen molar-refractivity contribution in [3.05, 3.63) is 63.1 Å². The van der Waals surface area contributed by atoms with Crippen molar-refractivity contribution in [1.29, 1.82) is 0 Å². The first-order chi connectivity index (χ1) is 15.4. The molecule has 3 rings (SSSR count). The van der Waals surface area contributed by atoms with E-state index in [0.717, 1.165) is 22.3 Å². The highest BCUT2D eigenvalue weighted by molar-refractivity contribution is 5.96. The average Bonchev–Trinajstić information content (AvgIpc) is 3.09. The number of azide groups is 1. The molecule has 0 heterocycles. The van der Waals surface area contributed by atoms with Crippen molar-refractivity contribution in [3.8, 4) is 0 Å². The van der Waals surface area contributed by atoms with E-state index < -0.39 is 17.2 Å². The second-order valence-electron chi connectivity index (χ2n) is 7.80. The fraction of sp³-hybridized carbons (Fsp3) is 0.455. The van der Waals surface area contributed by atoms with Crippen LogP contribution in [0.15, 0.2) is 41.0 Å². The summed E-state index contributed by atoms with van der Waals surface area (Å²) in [4.78, 5) is 26.7. The van der Waals surface area contributed by atoms with Crippen LogP contribution in [0.5, 0.6) is 0 Å². The molecule has 32 heavy (non-hydrogen) atoms. The summed E-state index contributed by atoms with van der Waals surface area (Å²) in [5.74, 6) is -1.32. The maximum Gasteiger partial charge on any atom is 0.248 e. The fourth-order valence-corrected chi connectivity index (χ4v) is 4.25. The first-order valence-electron chi connectivity index (χ1n) is 10.4. The van der Waals surface area contributed by atoms with Crippen LogP contribution in [0.1, 0.15) is 40.2 Å². The molecule has 0 saturated heterocycles. The first kappa shape index (κ1) is 23.5. The number of amides is 2. The quantitative estimate of drug-likeness (QED) is 0.194. The van der Waals surface area contributed by atoms with E-state index in [4.69, 9.17) is 26.5 Å². The van der Waals surface area contributed by atoms with Gasteiger partial charge in [-0.3, -0.25) is 9.59 Å². The van der Waals surface area contributed by atoms with Gasteiger partial charge in [0.2, 0.25) is 11.8 Å². The number of carbonyl (C=O) groups is 2. The number of allylic oxidation sites excluding steroid dienone is 2. The van der Waals surface area contributed by atoms with Crippen LogP contribution in [-0.2, 0) is 14.3 Å². The Bertz CT molecular complexity index is 998. The highest BCUT2D eigenvalue weighted by atomic mass is 16.5. The van der Waals surface area contributed by atoms with Crippen LogP contribution < -0.4 is 11.5 Å². The van der Waals surface area contributed by atoms with Crippen molar-refractivity contribution in [2.24, 2.45) is 22.0 Å². The van der Waals surface area contributed by atoms with Crippen molar-refractivity contribution >= 4 is 17.4 Å². The molecule has 0 aromatic heterocycles. The average molecular weight is 441 g/mol. The van der Waals surface area contributed by atoms with Gasteiger partial charge in [0, 0.05) is 29.5 Å². The van der Waals surface area contributed by atoms with Crippen molar-refractivity contribution in [2.75, 3.05) is 39.6 Å². The molecule has 2 aliphatic rings. The predicted octanol–water partition coefficient (Wildman–Crippen LogP) is 1.79. The lowest BCUT2D eigenvalue weighted by atomic mass is 9.72. The number of rotatable bonds is 12. The molecule has 0 radical (unpaired) electrons. The Morgan fingerprint density at radius 2 is 1.97 bits per heavy atom. The zero-order valence-electron chi connectivity index (χ0n) is 17.7. The molecule has 1 aromatic carbocycles. The van der Waals surface area contributed by atoms with Gasteiger partial charge in [-0.1, -0.05) is 28.9 Å². The van der Waals surface area contributed by atoms with Gasteiger partial charge < -0.3 is 26.0 Å². The van der Waals surface area contributed by atoms with Crippen LogP contribution in [0.4, 0.5) is 0 Å². The molecular weight excluding hydrogens is 414 g/mol. The van der Waals surface area contributed by atoms with Crippen molar-refractivity contribution in [1.82, 2.24) is 0 Å². The lowest BCUT2D eigenvalue weighted by Crippen LogP contribution is -2.38. The third-order valence-electron chi connectivity index (χ3n) is 5.98. The summed E-state index contributed by atoms with van der Waals surface area (Å²) in [6.07, 6.45) is 4.45. The lowest BCUT2D eigenvalue weighted by molar-refractivity contribution is -0.126. The third-order valence-corrected chi connectivity index (χ3v) is 5.98. The number of aliphatic hydroxyl groups excluding tert-OH is 1. The Kier molecular flexibility index (Phi) is 7.66. The highest BCUT2D eigenvalue weighted by Gasteiger charge is 2.42. The summed E-state index contributed by atoms with van der Waals surface area (Å²) in [5.41, 5.74) is 22.5. The second kappa shape index (κ2) is 10.4. The molecule has 0 fully saturated rings. The molecule has 1 aromatic rings. The fourth-order valence-electron chi connectivity index (χ4n) is 4.25. The first-order valence-corrected chi connectivity index (χ1v) is 10.4. The van der Waals surface area contributed by atoms with E-state index in [2.05, 4.69) is 10.0 Å². The summed E-state index contributed by atoms with van der Waals surface area (Å²) in [7, 11) is 0. The Morgan fingerprint density at radius 1 is 1.22 bits per heavy atom. The maximum absolute atomic E-state index is 12.4. The molecule has 170 valence electrons. The minimum absolute atomic E-state index is 0.152.